The largest absolute Gasteiger partial charge is 0.496 e. The zero-order valence-electron chi connectivity index (χ0n) is 17.5. The Balaban J connectivity index is 1.64. The minimum Gasteiger partial charge on any atom is -0.496 e. The number of nitrogens with one attached hydrogen (secondary N) is 1. The minimum atomic E-state index is -3.95. The van der Waals surface area contributed by atoms with Gasteiger partial charge in [0.05, 0.1) is 14.2 Å². The van der Waals surface area contributed by atoms with E-state index in [1.807, 2.05) is 12.1 Å². The number of sulfonamides is 1. The van der Waals surface area contributed by atoms with Crippen molar-refractivity contribution in [1.29, 1.82) is 0 Å². The molecule has 3 aromatic rings. The SMILES string of the molecule is COc1ccccc1S(=O)(=O)Nc1noc2cc(CN3CCC(N)CC3)cc(OC)c12. The predicted octanol–water partition coefficient (Wildman–Crippen LogP) is 2.57. The number of ether oxygens (including phenoxy) is 2. The Morgan fingerprint density at radius 3 is 2.58 bits per heavy atom. The number of hydrogen-bond acceptors (Lipinski definition) is 8. The fourth-order valence-electron chi connectivity index (χ4n) is 3.80. The summed E-state index contributed by atoms with van der Waals surface area (Å²) in [4.78, 5) is 2.33. The fourth-order valence-corrected chi connectivity index (χ4v) is 4.98. The number of nitrogens with zero attached hydrogens (tertiary/aromatic N) is 2. The van der Waals surface area contributed by atoms with E-state index in [1.54, 1.807) is 18.2 Å². The molecule has 31 heavy (non-hydrogen) atoms. The molecule has 9 nitrogen and oxygen atoms in total. The van der Waals surface area contributed by atoms with Crippen LogP contribution in [0, 0.1) is 0 Å². The van der Waals surface area contributed by atoms with Gasteiger partial charge in [-0.2, -0.15) is 0 Å². The highest BCUT2D eigenvalue weighted by Crippen LogP contribution is 2.36. The first-order valence-electron chi connectivity index (χ1n) is 10.0. The van der Waals surface area contributed by atoms with Gasteiger partial charge >= 0.3 is 0 Å². The number of nitrogens with two attached hydrogens (primary N) is 1. The lowest BCUT2D eigenvalue weighted by Crippen LogP contribution is -2.39. The van der Waals surface area contributed by atoms with E-state index in [4.69, 9.17) is 19.7 Å². The van der Waals surface area contributed by atoms with Crippen LogP contribution in [0.2, 0.25) is 0 Å². The molecule has 1 aliphatic rings. The summed E-state index contributed by atoms with van der Waals surface area (Å²) in [6.07, 6.45) is 1.94. The minimum absolute atomic E-state index is 0.00698. The second-order valence-electron chi connectivity index (χ2n) is 7.57. The van der Waals surface area contributed by atoms with Crippen LogP contribution in [-0.4, -0.2) is 51.8 Å². The van der Waals surface area contributed by atoms with Crippen LogP contribution < -0.4 is 19.9 Å². The number of hydrogen-bond donors (Lipinski definition) is 2. The van der Waals surface area contributed by atoms with Crippen LogP contribution in [-0.2, 0) is 16.6 Å². The summed E-state index contributed by atoms with van der Waals surface area (Å²) >= 11 is 0. The van der Waals surface area contributed by atoms with Crippen molar-refractivity contribution in [3.63, 3.8) is 0 Å². The zero-order valence-corrected chi connectivity index (χ0v) is 18.3. The first-order valence-corrected chi connectivity index (χ1v) is 11.5. The van der Waals surface area contributed by atoms with Gasteiger partial charge in [0.25, 0.3) is 10.0 Å². The molecular formula is C21H26N4O5S. The van der Waals surface area contributed by atoms with E-state index in [1.165, 1.54) is 20.3 Å². The van der Waals surface area contributed by atoms with Crippen LogP contribution >= 0.6 is 0 Å². The van der Waals surface area contributed by atoms with E-state index in [0.29, 0.717) is 16.7 Å². The standard InChI is InChI=1S/C21H26N4O5S/c1-28-16-5-3-4-6-19(16)31(26,27)24-21-20-17(29-2)11-14(12-18(20)30-23-21)13-25-9-7-15(22)8-10-25/h3-6,11-12,15H,7-10,13,22H2,1-2H3,(H,23,24). The molecule has 2 heterocycles. The number of likely N-dealkylation sites (tertiary alicyclic amines) is 1. The molecule has 3 N–H and O–H groups in total. The molecule has 1 aromatic heterocycles. The maximum absolute atomic E-state index is 12.9. The van der Waals surface area contributed by atoms with Crippen molar-refractivity contribution in [2.75, 3.05) is 32.0 Å². The van der Waals surface area contributed by atoms with E-state index < -0.39 is 10.0 Å². The lowest BCUT2D eigenvalue weighted by molar-refractivity contribution is 0.205. The Hall–Kier alpha value is -2.82. The van der Waals surface area contributed by atoms with Gasteiger partial charge < -0.3 is 19.7 Å². The molecule has 4 rings (SSSR count). The molecule has 10 heteroatoms. The topological polar surface area (TPSA) is 120 Å². The lowest BCUT2D eigenvalue weighted by Gasteiger charge is -2.30. The van der Waals surface area contributed by atoms with Crippen LogP contribution in [0.5, 0.6) is 11.5 Å². The first kappa shape index (κ1) is 21.4. The van der Waals surface area contributed by atoms with Gasteiger partial charge in [-0.05, 0) is 55.8 Å². The summed E-state index contributed by atoms with van der Waals surface area (Å²) in [5.41, 5.74) is 7.43. The highest BCUT2D eigenvalue weighted by molar-refractivity contribution is 7.92. The highest BCUT2D eigenvalue weighted by atomic mass is 32.2. The number of piperidine rings is 1. The highest BCUT2D eigenvalue weighted by Gasteiger charge is 2.24. The molecule has 0 spiro atoms. The van der Waals surface area contributed by atoms with E-state index >= 15 is 0 Å². The monoisotopic (exact) mass is 446 g/mol. The van der Waals surface area contributed by atoms with E-state index in [-0.39, 0.29) is 22.5 Å². The van der Waals surface area contributed by atoms with Crippen LogP contribution in [0.25, 0.3) is 11.0 Å². The summed E-state index contributed by atoms with van der Waals surface area (Å²) in [7, 11) is -1.00. The van der Waals surface area contributed by atoms with Gasteiger partial charge in [0.15, 0.2) is 11.4 Å². The molecule has 1 aliphatic heterocycles. The fraction of sp³-hybridized carbons (Fsp3) is 0.381. The van der Waals surface area contributed by atoms with Crippen LogP contribution in [0.4, 0.5) is 5.82 Å². The van der Waals surface area contributed by atoms with Crippen molar-refractivity contribution in [3.8, 4) is 11.5 Å². The first-order chi connectivity index (χ1) is 14.9. The molecule has 2 aromatic carbocycles. The number of para-hydroxylation sites is 1. The Labute approximate surface area is 181 Å². The second-order valence-corrected chi connectivity index (χ2v) is 9.22. The van der Waals surface area contributed by atoms with Gasteiger partial charge in [-0.3, -0.25) is 9.62 Å². The van der Waals surface area contributed by atoms with Crippen LogP contribution in [0.15, 0.2) is 45.8 Å². The Kier molecular flexibility index (Phi) is 6.03. The summed E-state index contributed by atoms with van der Waals surface area (Å²) < 4.78 is 44.6. The third-order valence-corrected chi connectivity index (χ3v) is 6.82. The van der Waals surface area contributed by atoms with E-state index in [9.17, 15) is 8.42 Å². The summed E-state index contributed by atoms with van der Waals surface area (Å²) in [5, 5.41) is 4.42. The van der Waals surface area contributed by atoms with Crippen LogP contribution in [0.1, 0.15) is 18.4 Å². The molecule has 0 bridgehead atoms. The van der Waals surface area contributed by atoms with Crippen molar-refractivity contribution >= 4 is 26.8 Å². The van der Waals surface area contributed by atoms with Gasteiger partial charge in [0.1, 0.15) is 21.8 Å². The average Bonchev–Trinajstić information content (AvgIpc) is 3.16. The van der Waals surface area contributed by atoms with E-state index in [2.05, 4.69) is 14.8 Å². The molecule has 0 radical (unpaired) electrons. The third-order valence-electron chi connectivity index (χ3n) is 5.45. The van der Waals surface area contributed by atoms with E-state index in [0.717, 1.165) is 38.0 Å². The normalized spacial score (nSPS) is 15.8. The molecule has 166 valence electrons. The number of aromatic nitrogens is 1. The lowest BCUT2D eigenvalue weighted by atomic mass is 10.0. The van der Waals surface area contributed by atoms with Gasteiger partial charge in [0, 0.05) is 12.6 Å². The van der Waals surface area contributed by atoms with Gasteiger partial charge in [-0.15, -0.1) is 0 Å². The van der Waals surface area contributed by atoms with Crippen molar-refractivity contribution in [2.24, 2.45) is 5.73 Å². The van der Waals surface area contributed by atoms with Gasteiger partial charge in [-0.25, -0.2) is 8.42 Å². The summed E-state index contributed by atoms with van der Waals surface area (Å²) in [6, 6.07) is 10.4. The molecular weight excluding hydrogens is 420 g/mol. The van der Waals surface area contributed by atoms with Crippen molar-refractivity contribution < 1.29 is 22.4 Å². The molecule has 0 saturated carbocycles. The summed E-state index contributed by atoms with van der Waals surface area (Å²) in [5.74, 6) is 0.784. The Bertz CT molecular complexity index is 1170. The smallest absolute Gasteiger partial charge is 0.266 e. The molecule has 1 fully saturated rings. The van der Waals surface area contributed by atoms with Crippen molar-refractivity contribution in [1.82, 2.24) is 10.1 Å². The molecule has 0 amide bonds. The number of fused-ring (bicyclic) bond motifs is 1. The maximum Gasteiger partial charge on any atom is 0.266 e. The average molecular weight is 447 g/mol. The Morgan fingerprint density at radius 1 is 1.16 bits per heavy atom. The molecule has 0 aliphatic carbocycles. The number of anilines is 1. The quantitative estimate of drug-likeness (QED) is 0.568. The van der Waals surface area contributed by atoms with Crippen molar-refractivity contribution in [3.05, 3.63) is 42.0 Å². The van der Waals surface area contributed by atoms with Gasteiger partial charge in [-0.1, -0.05) is 17.3 Å². The van der Waals surface area contributed by atoms with Crippen LogP contribution in [0.3, 0.4) is 0 Å². The number of methoxy groups -OCH3 is 2. The van der Waals surface area contributed by atoms with Crippen molar-refractivity contribution in [2.45, 2.75) is 30.3 Å². The third kappa shape index (κ3) is 4.46. The molecule has 0 atom stereocenters. The predicted molar refractivity (Wildman–Crippen MR) is 117 cm³/mol. The summed E-state index contributed by atoms with van der Waals surface area (Å²) in [6.45, 7) is 2.59. The zero-order chi connectivity index (χ0) is 22.0. The maximum atomic E-state index is 12.9. The molecule has 1 saturated heterocycles. The Morgan fingerprint density at radius 2 is 1.87 bits per heavy atom. The second kappa shape index (κ2) is 8.74. The number of benzene rings is 2. The van der Waals surface area contributed by atoms with Gasteiger partial charge in [0.2, 0.25) is 0 Å². The number of rotatable bonds is 7. The molecule has 0 unspecified atom stereocenters.